The summed E-state index contributed by atoms with van der Waals surface area (Å²) in [5.41, 5.74) is 1.09. The number of anilines is 1. The van der Waals surface area contributed by atoms with E-state index in [1.165, 1.54) is 18.2 Å². The Balaban J connectivity index is 2.20. The van der Waals surface area contributed by atoms with Crippen molar-refractivity contribution < 1.29 is 17.9 Å². The molecule has 0 aromatic heterocycles. The van der Waals surface area contributed by atoms with E-state index in [4.69, 9.17) is 27.9 Å². The molecule has 2 rings (SSSR count). The van der Waals surface area contributed by atoms with Crippen molar-refractivity contribution in [3.05, 3.63) is 58.1 Å². The number of methoxy groups -OCH3 is 1. The Morgan fingerprint density at radius 1 is 1.18 bits per heavy atom. The third-order valence-corrected chi connectivity index (χ3v) is 5.79. The summed E-state index contributed by atoms with van der Waals surface area (Å²) >= 11 is 12.0. The Kier molecular flexibility index (Phi) is 7.57. The molecule has 0 aliphatic heterocycles. The molecule has 0 spiro atoms. The first-order valence-corrected chi connectivity index (χ1v) is 11.1. The molecule has 2 aromatic rings. The fraction of sp³-hybridized carbons (Fsp3) is 0.316. The van der Waals surface area contributed by atoms with Crippen LogP contribution in [-0.4, -0.2) is 34.2 Å². The van der Waals surface area contributed by atoms with E-state index >= 15 is 0 Å². The van der Waals surface area contributed by atoms with Gasteiger partial charge >= 0.3 is 0 Å². The predicted molar refractivity (Wildman–Crippen MR) is 113 cm³/mol. The zero-order chi connectivity index (χ0) is 20.9. The molecule has 0 bridgehead atoms. The van der Waals surface area contributed by atoms with Crippen molar-refractivity contribution in [1.82, 2.24) is 5.32 Å². The third-order valence-electron chi connectivity index (χ3n) is 4.13. The molecule has 0 heterocycles. The summed E-state index contributed by atoms with van der Waals surface area (Å²) in [5.74, 6) is 0.268. The summed E-state index contributed by atoms with van der Waals surface area (Å²) in [6.07, 6.45) is 1.66. The van der Waals surface area contributed by atoms with E-state index in [1.54, 1.807) is 19.2 Å². The van der Waals surface area contributed by atoms with Crippen LogP contribution in [0.25, 0.3) is 0 Å². The number of carbonyl (C=O) groups excluding carboxylic acids is 1. The van der Waals surface area contributed by atoms with E-state index in [9.17, 15) is 13.2 Å². The van der Waals surface area contributed by atoms with E-state index in [-0.39, 0.29) is 16.8 Å². The van der Waals surface area contributed by atoms with E-state index in [0.29, 0.717) is 17.2 Å². The molecule has 0 saturated carbocycles. The van der Waals surface area contributed by atoms with Crippen LogP contribution >= 0.6 is 23.2 Å². The third kappa shape index (κ3) is 5.77. The summed E-state index contributed by atoms with van der Waals surface area (Å²) < 4.78 is 30.6. The lowest BCUT2D eigenvalue weighted by molar-refractivity contribution is -0.120. The van der Waals surface area contributed by atoms with Gasteiger partial charge in [-0.2, -0.15) is 0 Å². The van der Waals surface area contributed by atoms with Gasteiger partial charge in [-0.3, -0.25) is 9.10 Å². The quantitative estimate of drug-likeness (QED) is 0.666. The van der Waals surface area contributed by atoms with Crippen LogP contribution in [0.15, 0.2) is 42.5 Å². The van der Waals surface area contributed by atoms with Gasteiger partial charge in [-0.15, -0.1) is 0 Å². The molecule has 1 atom stereocenters. The zero-order valence-electron chi connectivity index (χ0n) is 15.8. The Labute approximate surface area is 175 Å². The smallest absolute Gasteiger partial charge is 0.241 e. The number of ether oxygens (including phenoxy) is 1. The van der Waals surface area contributed by atoms with Crippen molar-refractivity contribution >= 4 is 44.8 Å². The maximum absolute atomic E-state index is 12.6. The van der Waals surface area contributed by atoms with Gasteiger partial charge in [0.2, 0.25) is 15.9 Å². The van der Waals surface area contributed by atoms with Gasteiger partial charge in [0.15, 0.2) is 0 Å². The Morgan fingerprint density at radius 2 is 1.82 bits per heavy atom. The average molecular weight is 445 g/mol. The summed E-state index contributed by atoms with van der Waals surface area (Å²) in [6.45, 7) is 1.53. The molecule has 6 nitrogen and oxygen atoms in total. The van der Waals surface area contributed by atoms with Crippen molar-refractivity contribution in [1.29, 1.82) is 0 Å². The van der Waals surface area contributed by atoms with Crippen LogP contribution in [0.3, 0.4) is 0 Å². The SMILES string of the molecule is CC[C@@H](NC(=O)CN(c1ccc(Cl)cc1Cl)S(C)(=O)=O)c1ccc(OC)cc1. The molecule has 0 radical (unpaired) electrons. The average Bonchev–Trinajstić information content (AvgIpc) is 2.64. The van der Waals surface area contributed by atoms with Crippen molar-refractivity contribution in [3.8, 4) is 5.75 Å². The van der Waals surface area contributed by atoms with Crippen LogP contribution in [0.1, 0.15) is 24.9 Å². The van der Waals surface area contributed by atoms with E-state index < -0.39 is 22.5 Å². The van der Waals surface area contributed by atoms with Gasteiger partial charge in [-0.05, 0) is 42.3 Å². The topological polar surface area (TPSA) is 75.7 Å². The molecule has 0 aliphatic rings. The molecule has 1 N–H and O–H groups in total. The number of rotatable bonds is 8. The number of sulfonamides is 1. The minimum atomic E-state index is -3.74. The van der Waals surface area contributed by atoms with Crippen LogP contribution in [0.2, 0.25) is 10.0 Å². The molecule has 0 unspecified atom stereocenters. The lowest BCUT2D eigenvalue weighted by Crippen LogP contribution is -2.41. The van der Waals surface area contributed by atoms with Gasteiger partial charge < -0.3 is 10.1 Å². The Morgan fingerprint density at radius 3 is 2.32 bits per heavy atom. The van der Waals surface area contributed by atoms with Gasteiger partial charge in [-0.1, -0.05) is 42.3 Å². The first-order chi connectivity index (χ1) is 13.2. The molecule has 152 valence electrons. The highest BCUT2D eigenvalue weighted by Crippen LogP contribution is 2.30. The zero-order valence-corrected chi connectivity index (χ0v) is 18.1. The largest absolute Gasteiger partial charge is 0.497 e. The summed E-state index contributed by atoms with van der Waals surface area (Å²) in [7, 11) is -2.16. The van der Waals surface area contributed by atoms with Crippen molar-refractivity contribution in [2.45, 2.75) is 19.4 Å². The standard InChI is InChI=1S/C19H22Cl2N2O4S/c1-4-17(13-5-8-15(27-2)9-6-13)22-19(24)12-23(28(3,25)26)18-10-7-14(20)11-16(18)21/h5-11,17H,4,12H2,1-3H3,(H,22,24)/t17-/m1/s1. The molecule has 1 amide bonds. The van der Waals surface area contributed by atoms with Crippen LogP contribution < -0.4 is 14.4 Å². The Bertz CT molecular complexity index is 933. The number of hydrogen-bond donors (Lipinski definition) is 1. The maximum atomic E-state index is 12.6. The number of halogens is 2. The molecular weight excluding hydrogens is 423 g/mol. The van der Waals surface area contributed by atoms with E-state index in [0.717, 1.165) is 16.1 Å². The monoisotopic (exact) mass is 444 g/mol. The van der Waals surface area contributed by atoms with E-state index in [2.05, 4.69) is 5.32 Å². The number of benzene rings is 2. The van der Waals surface area contributed by atoms with Crippen LogP contribution in [0, 0.1) is 0 Å². The second kappa shape index (κ2) is 9.49. The van der Waals surface area contributed by atoms with Crippen molar-refractivity contribution in [2.75, 3.05) is 24.2 Å². The summed E-state index contributed by atoms with van der Waals surface area (Å²) in [5, 5.41) is 3.39. The normalized spacial score (nSPS) is 12.3. The second-order valence-electron chi connectivity index (χ2n) is 6.17. The number of amides is 1. The van der Waals surface area contributed by atoms with E-state index in [1.807, 2.05) is 19.1 Å². The second-order valence-corrected chi connectivity index (χ2v) is 8.92. The predicted octanol–water partition coefficient (Wildman–Crippen LogP) is 4.04. The minimum Gasteiger partial charge on any atom is -0.497 e. The van der Waals surface area contributed by atoms with Crippen molar-refractivity contribution in [2.24, 2.45) is 0 Å². The number of hydrogen-bond acceptors (Lipinski definition) is 4. The number of nitrogens with one attached hydrogen (secondary N) is 1. The molecular formula is C19H22Cl2N2O4S. The number of carbonyl (C=O) groups is 1. The molecule has 0 aliphatic carbocycles. The van der Waals surface area contributed by atoms with Gasteiger partial charge in [0.1, 0.15) is 12.3 Å². The summed E-state index contributed by atoms with van der Waals surface area (Å²) in [4.78, 5) is 12.6. The lowest BCUT2D eigenvalue weighted by Gasteiger charge is -2.25. The highest BCUT2D eigenvalue weighted by atomic mass is 35.5. The van der Waals surface area contributed by atoms with Crippen LogP contribution in [-0.2, 0) is 14.8 Å². The minimum absolute atomic E-state index is 0.146. The van der Waals surface area contributed by atoms with Gasteiger partial charge in [0.25, 0.3) is 0 Å². The first-order valence-electron chi connectivity index (χ1n) is 8.51. The molecule has 28 heavy (non-hydrogen) atoms. The number of nitrogens with zero attached hydrogens (tertiary/aromatic N) is 1. The first kappa shape index (κ1) is 22.3. The van der Waals surface area contributed by atoms with Crippen LogP contribution in [0.4, 0.5) is 5.69 Å². The highest BCUT2D eigenvalue weighted by Gasteiger charge is 2.24. The molecule has 9 heteroatoms. The fourth-order valence-electron chi connectivity index (χ4n) is 2.69. The van der Waals surface area contributed by atoms with Gasteiger partial charge in [0, 0.05) is 5.02 Å². The lowest BCUT2D eigenvalue weighted by atomic mass is 10.0. The maximum Gasteiger partial charge on any atom is 0.241 e. The molecule has 0 fully saturated rings. The van der Waals surface area contributed by atoms with Gasteiger partial charge in [0.05, 0.1) is 30.1 Å². The Hall–Kier alpha value is -1.96. The summed E-state index contributed by atoms with van der Waals surface area (Å²) in [6, 6.07) is 11.5. The van der Waals surface area contributed by atoms with Gasteiger partial charge in [-0.25, -0.2) is 8.42 Å². The molecule has 2 aromatic carbocycles. The molecule has 0 saturated heterocycles. The van der Waals surface area contributed by atoms with Crippen molar-refractivity contribution in [3.63, 3.8) is 0 Å². The van der Waals surface area contributed by atoms with Crippen LogP contribution in [0.5, 0.6) is 5.75 Å². The highest BCUT2D eigenvalue weighted by molar-refractivity contribution is 7.92. The fourth-order valence-corrected chi connectivity index (χ4v) is 4.12.